The van der Waals surface area contributed by atoms with Crippen molar-refractivity contribution in [2.75, 3.05) is 20.2 Å². The van der Waals surface area contributed by atoms with Gasteiger partial charge in [0.25, 0.3) is 0 Å². The normalized spacial score (nSPS) is 17.5. The highest BCUT2D eigenvalue weighted by Crippen LogP contribution is 2.15. The van der Waals surface area contributed by atoms with Crippen molar-refractivity contribution in [2.24, 2.45) is 0 Å². The van der Waals surface area contributed by atoms with Crippen LogP contribution in [0.5, 0.6) is 5.75 Å². The molecule has 0 spiro atoms. The smallest absolute Gasteiger partial charge is 0.315 e. The summed E-state index contributed by atoms with van der Waals surface area (Å²) in [5.41, 5.74) is 1.16. The maximum atomic E-state index is 12.0. The van der Waals surface area contributed by atoms with E-state index in [0.717, 1.165) is 17.7 Å². The zero-order chi connectivity index (χ0) is 16.8. The maximum absolute atomic E-state index is 12.0. The number of ether oxygens (including phenoxy) is 1. The van der Waals surface area contributed by atoms with Gasteiger partial charge in [-0.25, -0.2) is 4.79 Å². The summed E-state index contributed by atoms with van der Waals surface area (Å²) in [5.74, 6) is 0.916. The number of hydrogen-bond donors (Lipinski definition) is 2. The van der Waals surface area contributed by atoms with Crippen LogP contribution in [0.25, 0.3) is 0 Å². The predicted molar refractivity (Wildman–Crippen MR) is 88.5 cm³/mol. The van der Waals surface area contributed by atoms with Gasteiger partial charge in [0, 0.05) is 25.6 Å². The highest BCUT2D eigenvalue weighted by atomic mass is 16.5. The zero-order valence-electron chi connectivity index (χ0n) is 14.0. The van der Waals surface area contributed by atoms with E-state index in [-0.39, 0.29) is 24.0 Å². The van der Waals surface area contributed by atoms with Crippen LogP contribution in [0.15, 0.2) is 24.3 Å². The van der Waals surface area contributed by atoms with Crippen molar-refractivity contribution in [2.45, 2.75) is 38.8 Å². The van der Waals surface area contributed by atoms with E-state index >= 15 is 0 Å². The number of methoxy groups -OCH3 is 1. The molecule has 3 amide bonds. The molecular formula is C17H25N3O3. The van der Waals surface area contributed by atoms with Crippen LogP contribution >= 0.6 is 0 Å². The van der Waals surface area contributed by atoms with Gasteiger partial charge in [-0.05, 0) is 38.0 Å². The molecule has 0 radical (unpaired) electrons. The summed E-state index contributed by atoms with van der Waals surface area (Å²) in [4.78, 5) is 25.6. The second kappa shape index (κ2) is 7.85. The number of amides is 3. The minimum Gasteiger partial charge on any atom is -0.497 e. The van der Waals surface area contributed by atoms with Crippen LogP contribution in [0.3, 0.4) is 0 Å². The molecule has 0 saturated carbocycles. The van der Waals surface area contributed by atoms with E-state index in [1.165, 1.54) is 0 Å². The number of nitrogens with one attached hydrogen (secondary N) is 2. The topological polar surface area (TPSA) is 70.7 Å². The Morgan fingerprint density at radius 3 is 2.65 bits per heavy atom. The second-order valence-electron chi connectivity index (χ2n) is 6.11. The van der Waals surface area contributed by atoms with Crippen LogP contribution < -0.4 is 15.4 Å². The molecule has 23 heavy (non-hydrogen) atoms. The van der Waals surface area contributed by atoms with Gasteiger partial charge in [-0.15, -0.1) is 0 Å². The van der Waals surface area contributed by atoms with Gasteiger partial charge in [-0.3, -0.25) is 4.79 Å². The lowest BCUT2D eigenvalue weighted by molar-refractivity contribution is -0.127. The predicted octanol–water partition coefficient (Wildman–Crippen LogP) is 1.55. The fourth-order valence-electron chi connectivity index (χ4n) is 2.63. The molecule has 126 valence electrons. The summed E-state index contributed by atoms with van der Waals surface area (Å²) in [6.45, 7) is 5.04. The van der Waals surface area contributed by atoms with Crippen LogP contribution in [-0.2, 0) is 11.2 Å². The van der Waals surface area contributed by atoms with Crippen molar-refractivity contribution in [3.05, 3.63) is 29.8 Å². The molecule has 6 heteroatoms. The van der Waals surface area contributed by atoms with Gasteiger partial charge in [0.2, 0.25) is 5.91 Å². The highest BCUT2D eigenvalue weighted by Gasteiger charge is 2.30. The molecule has 1 aliphatic heterocycles. The Labute approximate surface area is 137 Å². The Morgan fingerprint density at radius 2 is 2.04 bits per heavy atom. The van der Waals surface area contributed by atoms with Crippen LogP contribution in [0.4, 0.5) is 4.79 Å². The Balaban J connectivity index is 1.79. The molecule has 6 nitrogen and oxygen atoms in total. The Kier molecular flexibility index (Phi) is 5.84. The van der Waals surface area contributed by atoms with Crippen LogP contribution in [-0.4, -0.2) is 49.1 Å². The van der Waals surface area contributed by atoms with Gasteiger partial charge in [-0.2, -0.15) is 0 Å². The summed E-state index contributed by atoms with van der Waals surface area (Å²) < 4.78 is 5.13. The third-order valence-corrected chi connectivity index (χ3v) is 3.80. The van der Waals surface area contributed by atoms with Crippen molar-refractivity contribution >= 4 is 11.9 Å². The average Bonchev–Trinajstić information content (AvgIpc) is 2.84. The van der Waals surface area contributed by atoms with E-state index in [1.807, 2.05) is 43.0 Å². The van der Waals surface area contributed by atoms with E-state index in [1.54, 1.807) is 7.11 Å². The van der Waals surface area contributed by atoms with E-state index in [0.29, 0.717) is 19.5 Å². The van der Waals surface area contributed by atoms with E-state index in [9.17, 15) is 9.59 Å². The van der Waals surface area contributed by atoms with Gasteiger partial charge >= 0.3 is 6.03 Å². The van der Waals surface area contributed by atoms with E-state index in [2.05, 4.69) is 10.6 Å². The molecule has 2 N–H and O–H groups in total. The van der Waals surface area contributed by atoms with Crippen molar-refractivity contribution in [1.29, 1.82) is 0 Å². The van der Waals surface area contributed by atoms with E-state index in [4.69, 9.17) is 4.74 Å². The number of hydrogen-bond acceptors (Lipinski definition) is 3. The fraction of sp³-hybridized carbons (Fsp3) is 0.529. The number of likely N-dealkylation sites (tertiary alicyclic amines) is 1. The zero-order valence-corrected chi connectivity index (χ0v) is 14.0. The minimum atomic E-state index is -0.213. The van der Waals surface area contributed by atoms with Crippen LogP contribution in [0.2, 0.25) is 0 Å². The van der Waals surface area contributed by atoms with Crippen LogP contribution in [0.1, 0.15) is 25.8 Å². The molecule has 1 fully saturated rings. The maximum Gasteiger partial charge on any atom is 0.315 e. The average molecular weight is 319 g/mol. The molecule has 1 saturated heterocycles. The molecule has 0 aromatic heterocycles. The minimum absolute atomic E-state index is 0.0817. The first kappa shape index (κ1) is 17.1. The quantitative estimate of drug-likeness (QED) is 0.836. The number of carbonyl (C=O) groups is 2. The molecule has 2 rings (SSSR count). The number of benzene rings is 1. The lowest BCUT2D eigenvalue weighted by atomic mass is 10.1. The standard InChI is InChI=1S/C17H25N3O3/c1-12(2)18-17(22)19-14-10-16(21)20(11-14)9-8-13-4-6-15(23-3)7-5-13/h4-7,12,14H,8-11H2,1-3H3,(H2,18,19,22)/t14-/m1/s1. The van der Waals surface area contributed by atoms with Gasteiger partial charge in [0.1, 0.15) is 5.75 Å². The summed E-state index contributed by atoms with van der Waals surface area (Å²) in [5, 5.41) is 5.63. The van der Waals surface area contributed by atoms with Crippen LogP contribution in [0, 0.1) is 0 Å². The SMILES string of the molecule is COc1ccc(CCN2C[C@H](NC(=O)NC(C)C)CC2=O)cc1. The first-order valence-corrected chi connectivity index (χ1v) is 7.95. The fourth-order valence-corrected chi connectivity index (χ4v) is 2.63. The lowest BCUT2D eigenvalue weighted by Gasteiger charge is -2.18. The third-order valence-electron chi connectivity index (χ3n) is 3.80. The molecule has 1 aliphatic rings. The summed E-state index contributed by atoms with van der Waals surface area (Å²) in [6.07, 6.45) is 1.16. The molecule has 0 aliphatic carbocycles. The first-order chi connectivity index (χ1) is 11.0. The number of carbonyl (C=O) groups excluding carboxylic acids is 2. The molecule has 1 aromatic rings. The second-order valence-corrected chi connectivity index (χ2v) is 6.11. The molecular weight excluding hydrogens is 294 g/mol. The van der Waals surface area contributed by atoms with Crippen molar-refractivity contribution in [3.63, 3.8) is 0 Å². The van der Waals surface area contributed by atoms with Gasteiger partial charge in [0.15, 0.2) is 0 Å². The molecule has 1 atom stereocenters. The molecule has 1 heterocycles. The largest absolute Gasteiger partial charge is 0.497 e. The lowest BCUT2D eigenvalue weighted by Crippen LogP contribution is -2.45. The summed E-state index contributed by atoms with van der Waals surface area (Å²) in [6, 6.07) is 7.60. The van der Waals surface area contributed by atoms with Crippen molar-refractivity contribution < 1.29 is 14.3 Å². The molecule has 1 aromatic carbocycles. The number of rotatable bonds is 6. The number of nitrogens with zero attached hydrogens (tertiary/aromatic N) is 1. The van der Waals surface area contributed by atoms with Gasteiger partial charge in [0.05, 0.1) is 13.2 Å². The Morgan fingerprint density at radius 1 is 1.35 bits per heavy atom. The molecule has 0 unspecified atom stereocenters. The molecule has 0 bridgehead atoms. The van der Waals surface area contributed by atoms with Gasteiger partial charge < -0.3 is 20.3 Å². The summed E-state index contributed by atoms with van der Waals surface area (Å²) >= 11 is 0. The van der Waals surface area contributed by atoms with E-state index < -0.39 is 0 Å². The number of urea groups is 1. The Bertz CT molecular complexity index is 543. The monoisotopic (exact) mass is 319 g/mol. The van der Waals surface area contributed by atoms with Crippen molar-refractivity contribution in [1.82, 2.24) is 15.5 Å². The third kappa shape index (κ3) is 5.16. The first-order valence-electron chi connectivity index (χ1n) is 7.95. The Hall–Kier alpha value is -2.24. The highest BCUT2D eigenvalue weighted by molar-refractivity contribution is 5.81. The summed E-state index contributed by atoms with van der Waals surface area (Å²) in [7, 11) is 1.64. The van der Waals surface area contributed by atoms with Gasteiger partial charge in [-0.1, -0.05) is 12.1 Å². The van der Waals surface area contributed by atoms with Crippen molar-refractivity contribution in [3.8, 4) is 5.75 Å².